The van der Waals surface area contributed by atoms with Crippen LogP contribution < -0.4 is 0 Å². The zero-order valence-corrected chi connectivity index (χ0v) is 12.0. The van der Waals surface area contributed by atoms with Gasteiger partial charge in [0.25, 0.3) is 0 Å². The first-order valence-electron chi connectivity index (χ1n) is 7.39. The third-order valence-electron chi connectivity index (χ3n) is 3.93. The smallest absolute Gasteiger partial charge is 0.125 e. The Hall–Kier alpha value is -1.74. The van der Waals surface area contributed by atoms with Gasteiger partial charge in [0.1, 0.15) is 5.82 Å². The molecule has 0 bridgehead atoms. The normalized spacial score (nSPS) is 15.1. The Bertz CT molecular complexity index is 566. The van der Waals surface area contributed by atoms with E-state index in [4.69, 9.17) is 0 Å². The predicted octanol–water partition coefficient (Wildman–Crippen LogP) is 2.78. The van der Waals surface area contributed by atoms with E-state index in [0.717, 1.165) is 38.3 Å². The molecule has 104 valence electrons. The molecule has 20 heavy (non-hydrogen) atoms. The monoisotopic (exact) mass is 267 g/mol. The third kappa shape index (κ3) is 3.23. The standard InChI is InChI=1S/C17H21N3/c1-14-18-12-16-9-11-20(13-17(16)19-14)10-5-8-15-6-3-2-4-7-15/h2-4,6-7,12H,5,8-11,13H2,1H3. The number of hydrogen-bond donors (Lipinski definition) is 0. The van der Waals surface area contributed by atoms with E-state index < -0.39 is 0 Å². The van der Waals surface area contributed by atoms with Crippen molar-refractivity contribution in [2.75, 3.05) is 13.1 Å². The number of rotatable bonds is 4. The van der Waals surface area contributed by atoms with Crippen LogP contribution in [-0.4, -0.2) is 28.0 Å². The van der Waals surface area contributed by atoms with Gasteiger partial charge in [-0.15, -0.1) is 0 Å². The quantitative estimate of drug-likeness (QED) is 0.853. The van der Waals surface area contributed by atoms with Crippen molar-refractivity contribution in [2.24, 2.45) is 0 Å². The minimum absolute atomic E-state index is 0.884. The van der Waals surface area contributed by atoms with Crippen molar-refractivity contribution in [3.8, 4) is 0 Å². The fourth-order valence-electron chi connectivity index (χ4n) is 2.80. The van der Waals surface area contributed by atoms with Crippen LogP contribution in [0.25, 0.3) is 0 Å². The van der Waals surface area contributed by atoms with Crippen molar-refractivity contribution in [3.63, 3.8) is 0 Å². The van der Waals surface area contributed by atoms with Crippen molar-refractivity contribution in [1.82, 2.24) is 14.9 Å². The molecule has 0 amide bonds. The molecule has 1 aromatic heterocycles. The molecule has 0 radical (unpaired) electrons. The molecule has 1 aliphatic heterocycles. The highest BCUT2D eigenvalue weighted by Crippen LogP contribution is 2.16. The summed E-state index contributed by atoms with van der Waals surface area (Å²) in [6, 6.07) is 10.7. The van der Waals surface area contributed by atoms with Crippen molar-refractivity contribution in [1.29, 1.82) is 0 Å². The molecule has 0 saturated heterocycles. The largest absolute Gasteiger partial charge is 0.297 e. The Morgan fingerprint density at radius 1 is 1.20 bits per heavy atom. The fourth-order valence-corrected chi connectivity index (χ4v) is 2.80. The van der Waals surface area contributed by atoms with Gasteiger partial charge in [-0.25, -0.2) is 9.97 Å². The molecule has 3 rings (SSSR count). The lowest BCUT2D eigenvalue weighted by atomic mass is 10.1. The minimum atomic E-state index is 0.884. The number of hydrogen-bond acceptors (Lipinski definition) is 3. The zero-order valence-electron chi connectivity index (χ0n) is 12.0. The number of nitrogens with zero attached hydrogens (tertiary/aromatic N) is 3. The lowest BCUT2D eigenvalue weighted by Crippen LogP contribution is -2.32. The average Bonchev–Trinajstić information content (AvgIpc) is 2.48. The van der Waals surface area contributed by atoms with Crippen LogP contribution in [0.2, 0.25) is 0 Å². The van der Waals surface area contributed by atoms with Gasteiger partial charge >= 0.3 is 0 Å². The van der Waals surface area contributed by atoms with Crippen LogP contribution in [-0.2, 0) is 19.4 Å². The molecule has 2 aromatic rings. The second-order valence-electron chi connectivity index (χ2n) is 5.50. The fraction of sp³-hybridized carbons (Fsp3) is 0.412. The van der Waals surface area contributed by atoms with E-state index in [2.05, 4.69) is 45.2 Å². The first-order valence-corrected chi connectivity index (χ1v) is 7.39. The summed E-state index contributed by atoms with van der Waals surface area (Å²) in [5.74, 6) is 0.884. The van der Waals surface area contributed by atoms with Crippen LogP contribution in [0.1, 0.15) is 29.1 Å². The summed E-state index contributed by atoms with van der Waals surface area (Å²) >= 11 is 0. The van der Waals surface area contributed by atoms with Crippen molar-refractivity contribution in [2.45, 2.75) is 32.7 Å². The predicted molar refractivity (Wildman–Crippen MR) is 80.5 cm³/mol. The molecule has 0 N–H and O–H groups in total. The van der Waals surface area contributed by atoms with Gasteiger partial charge in [-0.05, 0) is 43.9 Å². The van der Waals surface area contributed by atoms with E-state index in [0.29, 0.717) is 0 Å². The van der Waals surface area contributed by atoms with Crippen LogP contribution >= 0.6 is 0 Å². The van der Waals surface area contributed by atoms with Crippen LogP contribution in [0.15, 0.2) is 36.5 Å². The van der Waals surface area contributed by atoms with Crippen molar-refractivity contribution < 1.29 is 0 Å². The highest BCUT2D eigenvalue weighted by molar-refractivity contribution is 5.20. The summed E-state index contributed by atoms with van der Waals surface area (Å²) in [6.07, 6.45) is 5.45. The Balaban J connectivity index is 1.53. The lowest BCUT2D eigenvalue weighted by Gasteiger charge is -2.27. The highest BCUT2D eigenvalue weighted by atomic mass is 15.1. The van der Waals surface area contributed by atoms with E-state index in [1.807, 2.05) is 13.1 Å². The van der Waals surface area contributed by atoms with E-state index in [9.17, 15) is 0 Å². The highest BCUT2D eigenvalue weighted by Gasteiger charge is 2.17. The number of aromatic nitrogens is 2. The van der Waals surface area contributed by atoms with Gasteiger partial charge in [-0.3, -0.25) is 4.90 Å². The molecule has 3 heteroatoms. The van der Waals surface area contributed by atoms with Crippen LogP contribution in [0.4, 0.5) is 0 Å². The zero-order chi connectivity index (χ0) is 13.8. The molecule has 2 heterocycles. The molecule has 0 saturated carbocycles. The van der Waals surface area contributed by atoms with Gasteiger partial charge < -0.3 is 0 Å². The number of benzene rings is 1. The second kappa shape index (κ2) is 6.14. The van der Waals surface area contributed by atoms with Gasteiger partial charge in [0.05, 0.1) is 5.69 Å². The minimum Gasteiger partial charge on any atom is -0.297 e. The summed E-state index contributed by atoms with van der Waals surface area (Å²) in [6.45, 7) is 5.23. The van der Waals surface area contributed by atoms with Gasteiger partial charge in [0.15, 0.2) is 0 Å². The SMILES string of the molecule is Cc1ncc2c(n1)CN(CCCc1ccccc1)CC2. The van der Waals surface area contributed by atoms with Crippen molar-refractivity contribution >= 4 is 0 Å². The van der Waals surface area contributed by atoms with Gasteiger partial charge in [0.2, 0.25) is 0 Å². The summed E-state index contributed by atoms with van der Waals surface area (Å²) in [4.78, 5) is 11.4. The van der Waals surface area contributed by atoms with Crippen LogP contribution in [0.3, 0.4) is 0 Å². The Kier molecular flexibility index (Phi) is 4.07. The maximum absolute atomic E-state index is 4.58. The maximum Gasteiger partial charge on any atom is 0.125 e. The summed E-state index contributed by atoms with van der Waals surface area (Å²) < 4.78 is 0. The molecule has 1 aliphatic rings. The summed E-state index contributed by atoms with van der Waals surface area (Å²) in [7, 11) is 0. The first kappa shape index (κ1) is 13.3. The molecule has 0 aliphatic carbocycles. The van der Waals surface area contributed by atoms with E-state index >= 15 is 0 Å². The lowest BCUT2D eigenvalue weighted by molar-refractivity contribution is 0.246. The molecule has 0 fully saturated rings. The molecule has 3 nitrogen and oxygen atoms in total. The maximum atomic E-state index is 4.58. The molecular formula is C17H21N3. The second-order valence-corrected chi connectivity index (χ2v) is 5.50. The topological polar surface area (TPSA) is 29.0 Å². The Labute approximate surface area is 120 Å². The molecule has 0 atom stereocenters. The Morgan fingerprint density at radius 3 is 2.90 bits per heavy atom. The van der Waals surface area contributed by atoms with E-state index in [1.165, 1.54) is 23.2 Å². The third-order valence-corrected chi connectivity index (χ3v) is 3.93. The number of fused-ring (bicyclic) bond motifs is 1. The summed E-state index contributed by atoms with van der Waals surface area (Å²) in [5.41, 5.74) is 3.99. The summed E-state index contributed by atoms with van der Waals surface area (Å²) in [5, 5.41) is 0. The Morgan fingerprint density at radius 2 is 2.05 bits per heavy atom. The molecule has 0 unspecified atom stereocenters. The van der Waals surface area contributed by atoms with E-state index in [1.54, 1.807) is 0 Å². The average molecular weight is 267 g/mol. The molecule has 1 aromatic carbocycles. The van der Waals surface area contributed by atoms with Gasteiger partial charge in [0, 0.05) is 19.3 Å². The first-order chi connectivity index (χ1) is 9.81. The molecular weight excluding hydrogens is 246 g/mol. The van der Waals surface area contributed by atoms with E-state index in [-0.39, 0.29) is 0 Å². The molecule has 0 spiro atoms. The number of aryl methyl sites for hydroxylation is 2. The van der Waals surface area contributed by atoms with Crippen LogP contribution in [0, 0.1) is 6.92 Å². The van der Waals surface area contributed by atoms with Gasteiger partial charge in [-0.1, -0.05) is 30.3 Å². The van der Waals surface area contributed by atoms with Crippen LogP contribution in [0.5, 0.6) is 0 Å². The van der Waals surface area contributed by atoms with Gasteiger partial charge in [-0.2, -0.15) is 0 Å². The van der Waals surface area contributed by atoms with Crippen molar-refractivity contribution in [3.05, 3.63) is 59.2 Å².